The van der Waals surface area contributed by atoms with Gasteiger partial charge in [0.2, 0.25) is 0 Å². The van der Waals surface area contributed by atoms with E-state index in [0.29, 0.717) is 28.2 Å². The second-order valence-electron chi connectivity index (χ2n) is 5.61. The molecule has 1 aromatic carbocycles. The van der Waals surface area contributed by atoms with Crippen molar-refractivity contribution in [2.45, 2.75) is 18.9 Å². The standard InChI is InChI=1S/C15H18Cl2N2O/c16-11-3-4-14(17)13(8-11)15(20)10-18-6-7-19-5-1-2-12(19)9-18/h3-4,8,12H,1-2,5-7,9-10H2. The summed E-state index contributed by atoms with van der Waals surface area (Å²) in [6.45, 7) is 4.67. The molecule has 1 aromatic rings. The van der Waals surface area contributed by atoms with Gasteiger partial charge in [-0.2, -0.15) is 0 Å². The number of halogens is 2. The highest BCUT2D eigenvalue weighted by atomic mass is 35.5. The molecule has 3 nitrogen and oxygen atoms in total. The summed E-state index contributed by atoms with van der Waals surface area (Å²) in [5, 5.41) is 1.04. The van der Waals surface area contributed by atoms with Crippen molar-refractivity contribution >= 4 is 29.0 Å². The summed E-state index contributed by atoms with van der Waals surface area (Å²) in [5.41, 5.74) is 0.535. The Bertz CT molecular complexity index is 521. The van der Waals surface area contributed by atoms with E-state index in [1.165, 1.54) is 19.4 Å². The number of hydrogen-bond donors (Lipinski definition) is 0. The summed E-state index contributed by atoms with van der Waals surface area (Å²) in [6, 6.07) is 5.69. The number of hydrogen-bond acceptors (Lipinski definition) is 3. The maximum atomic E-state index is 12.4. The molecule has 0 bridgehead atoms. The van der Waals surface area contributed by atoms with Gasteiger partial charge in [-0.1, -0.05) is 23.2 Å². The number of benzene rings is 1. The number of Topliss-reactive ketones (excluding diaryl/α,β-unsaturated/α-hetero) is 1. The molecular formula is C15H18Cl2N2O. The van der Waals surface area contributed by atoms with E-state index in [0.717, 1.165) is 19.6 Å². The molecular weight excluding hydrogens is 295 g/mol. The van der Waals surface area contributed by atoms with Crippen LogP contribution in [0, 0.1) is 0 Å². The van der Waals surface area contributed by atoms with Crippen LogP contribution in [0.15, 0.2) is 18.2 Å². The molecule has 0 N–H and O–H groups in total. The predicted molar refractivity (Wildman–Crippen MR) is 81.8 cm³/mol. The van der Waals surface area contributed by atoms with E-state index in [-0.39, 0.29) is 5.78 Å². The molecule has 0 amide bonds. The highest BCUT2D eigenvalue weighted by Crippen LogP contribution is 2.24. The summed E-state index contributed by atoms with van der Waals surface area (Å²) in [7, 11) is 0. The number of piperazine rings is 1. The van der Waals surface area contributed by atoms with Gasteiger partial charge in [0.15, 0.2) is 5.78 Å². The molecule has 2 aliphatic heterocycles. The summed E-state index contributed by atoms with van der Waals surface area (Å²) in [6.07, 6.45) is 2.54. The van der Waals surface area contributed by atoms with Crippen LogP contribution in [0.4, 0.5) is 0 Å². The summed E-state index contributed by atoms with van der Waals surface area (Å²) in [5.74, 6) is 0.0592. The second kappa shape index (κ2) is 6.02. The van der Waals surface area contributed by atoms with Gasteiger partial charge in [-0.25, -0.2) is 0 Å². The van der Waals surface area contributed by atoms with Crippen LogP contribution in [0.1, 0.15) is 23.2 Å². The molecule has 0 aliphatic carbocycles. The number of rotatable bonds is 3. The number of nitrogens with zero attached hydrogens (tertiary/aromatic N) is 2. The van der Waals surface area contributed by atoms with Gasteiger partial charge < -0.3 is 0 Å². The average molecular weight is 313 g/mol. The molecule has 2 fully saturated rings. The zero-order valence-electron chi connectivity index (χ0n) is 11.3. The molecule has 0 spiro atoms. The van der Waals surface area contributed by atoms with Crippen LogP contribution in [0.25, 0.3) is 0 Å². The summed E-state index contributed by atoms with van der Waals surface area (Å²) < 4.78 is 0. The topological polar surface area (TPSA) is 23.6 Å². The van der Waals surface area contributed by atoms with E-state index in [4.69, 9.17) is 23.2 Å². The lowest BCUT2D eigenvalue weighted by Gasteiger charge is -2.37. The predicted octanol–water partition coefficient (Wildman–Crippen LogP) is 2.96. The Morgan fingerprint density at radius 1 is 1.25 bits per heavy atom. The number of ketones is 1. The van der Waals surface area contributed by atoms with Crippen LogP contribution in [0.5, 0.6) is 0 Å². The molecule has 2 heterocycles. The number of fused-ring (bicyclic) bond motifs is 1. The van der Waals surface area contributed by atoms with Crippen molar-refractivity contribution in [2.24, 2.45) is 0 Å². The summed E-state index contributed by atoms with van der Waals surface area (Å²) >= 11 is 12.0. The first-order valence-corrected chi connectivity index (χ1v) is 7.84. The Hall–Kier alpha value is -0.610. The van der Waals surface area contributed by atoms with Crippen LogP contribution in [-0.4, -0.2) is 54.3 Å². The number of carbonyl (C=O) groups is 1. The fourth-order valence-corrected chi connectivity index (χ4v) is 3.59. The van der Waals surface area contributed by atoms with Crippen molar-refractivity contribution in [3.8, 4) is 0 Å². The van der Waals surface area contributed by atoms with Crippen molar-refractivity contribution < 1.29 is 4.79 Å². The number of carbonyl (C=O) groups excluding carboxylic acids is 1. The van der Waals surface area contributed by atoms with Crippen LogP contribution in [0.3, 0.4) is 0 Å². The van der Waals surface area contributed by atoms with Crippen LogP contribution < -0.4 is 0 Å². The lowest BCUT2D eigenvalue weighted by Crippen LogP contribution is -2.51. The van der Waals surface area contributed by atoms with Gasteiger partial charge in [-0.15, -0.1) is 0 Å². The van der Waals surface area contributed by atoms with Gasteiger partial charge in [0, 0.05) is 36.3 Å². The molecule has 108 valence electrons. The van der Waals surface area contributed by atoms with Gasteiger partial charge in [-0.3, -0.25) is 14.6 Å². The Morgan fingerprint density at radius 3 is 2.95 bits per heavy atom. The Labute approximate surface area is 129 Å². The van der Waals surface area contributed by atoms with Crippen LogP contribution in [0.2, 0.25) is 10.0 Å². The average Bonchev–Trinajstić information content (AvgIpc) is 2.89. The maximum Gasteiger partial charge on any atom is 0.178 e. The minimum absolute atomic E-state index is 0.0592. The Kier molecular flexibility index (Phi) is 4.32. The van der Waals surface area contributed by atoms with Crippen molar-refractivity contribution in [3.05, 3.63) is 33.8 Å². The molecule has 0 radical (unpaired) electrons. The van der Waals surface area contributed by atoms with Crippen molar-refractivity contribution in [3.63, 3.8) is 0 Å². The lowest BCUT2D eigenvalue weighted by atomic mass is 10.1. The highest BCUT2D eigenvalue weighted by Gasteiger charge is 2.31. The zero-order valence-corrected chi connectivity index (χ0v) is 12.8. The fourth-order valence-electron chi connectivity index (χ4n) is 3.20. The van der Waals surface area contributed by atoms with E-state index < -0.39 is 0 Å². The third-order valence-electron chi connectivity index (χ3n) is 4.27. The van der Waals surface area contributed by atoms with Gasteiger partial charge in [0.25, 0.3) is 0 Å². The minimum Gasteiger partial charge on any atom is -0.298 e. The highest BCUT2D eigenvalue weighted by molar-refractivity contribution is 6.36. The third kappa shape index (κ3) is 3.01. The lowest BCUT2D eigenvalue weighted by molar-refractivity contribution is 0.0784. The van der Waals surface area contributed by atoms with E-state index in [1.54, 1.807) is 18.2 Å². The Balaban J connectivity index is 1.65. The largest absolute Gasteiger partial charge is 0.298 e. The summed E-state index contributed by atoms with van der Waals surface area (Å²) in [4.78, 5) is 17.2. The first-order chi connectivity index (χ1) is 9.63. The van der Waals surface area contributed by atoms with Crippen LogP contribution in [-0.2, 0) is 0 Å². The molecule has 2 aliphatic rings. The molecule has 20 heavy (non-hydrogen) atoms. The van der Waals surface area contributed by atoms with E-state index in [2.05, 4.69) is 9.80 Å². The van der Waals surface area contributed by atoms with Gasteiger partial charge in [0.1, 0.15) is 0 Å². The molecule has 0 saturated carbocycles. The fraction of sp³-hybridized carbons (Fsp3) is 0.533. The van der Waals surface area contributed by atoms with Crippen molar-refractivity contribution in [2.75, 3.05) is 32.7 Å². The molecule has 1 atom stereocenters. The Morgan fingerprint density at radius 2 is 2.10 bits per heavy atom. The zero-order chi connectivity index (χ0) is 14.1. The first-order valence-electron chi connectivity index (χ1n) is 7.08. The molecule has 2 saturated heterocycles. The maximum absolute atomic E-state index is 12.4. The van der Waals surface area contributed by atoms with Gasteiger partial charge in [-0.05, 0) is 37.6 Å². The molecule has 5 heteroatoms. The van der Waals surface area contributed by atoms with E-state index in [1.807, 2.05) is 0 Å². The molecule has 3 rings (SSSR count). The van der Waals surface area contributed by atoms with Crippen molar-refractivity contribution in [1.82, 2.24) is 9.80 Å². The molecule has 1 unspecified atom stereocenters. The van der Waals surface area contributed by atoms with E-state index >= 15 is 0 Å². The van der Waals surface area contributed by atoms with Crippen LogP contribution >= 0.6 is 23.2 Å². The smallest absolute Gasteiger partial charge is 0.178 e. The van der Waals surface area contributed by atoms with Gasteiger partial charge >= 0.3 is 0 Å². The van der Waals surface area contributed by atoms with Gasteiger partial charge in [0.05, 0.1) is 11.6 Å². The third-order valence-corrected chi connectivity index (χ3v) is 4.83. The minimum atomic E-state index is 0.0592. The molecule has 0 aromatic heterocycles. The second-order valence-corrected chi connectivity index (χ2v) is 6.46. The van der Waals surface area contributed by atoms with E-state index in [9.17, 15) is 4.79 Å². The first kappa shape index (κ1) is 14.3. The SMILES string of the molecule is O=C(CN1CCN2CCCC2C1)c1cc(Cl)ccc1Cl. The monoisotopic (exact) mass is 312 g/mol. The quantitative estimate of drug-likeness (QED) is 0.802. The van der Waals surface area contributed by atoms with Crippen molar-refractivity contribution in [1.29, 1.82) is 0 Å². The normalized spacial score (nSPS) is 23.8.